The number of carbonyl (C=O) groups is 1. The second-order valence-corrected chi connectivity index (χ2v) is 4.42. The summed E-state index contributed by atoms with van der Waals surface area (Å²) in [5.74, 6) is 0.706. The number of hydrogen-bond donors (Lipinski definition) is 0. The highest BCUT2D eigenvalue weighted by molar-refractivity contribution is 5.79. The molecule has 0 bridgehead atoms. The predicted octanol–water partition coefficient (Wildman–Crippen LogP) is 1.92. The molecule has 4 heteroatoms. The van der Waals surface area contributed by atoms with Gasteiger partial charge in [0.1, 0.15) is 11.9 Å². The Morgan fingerprint density at radius 1 is 1.47 bits per heavy atom. The van der Waals surface area contributed by atoms with Crippen LogP contribution in [0.25, 0.3) is 0 Å². The first-order valence-corrected chi connectivity index (χ1v) is 5.99. The number of esters is 1. The van der Waals surface area contributed by atoms with Crippen molar-refractivity contribution in [2.45, 2.75) is 32.2 Å². The summed E-state index contributed by atoms with van der Waals surface area (Å²) < 4.78 is 4.86. The molecule has 0 radical (unpaired) electrons. The van der Waals surface area contributed by atoms with Crippen LogP contribution in [0.2, 0.25) is 0 Å². The molecule has 1 atom stereocenters. The average Bonchev–Trinajstić information content (AvgIpc) is 2.39. The number of aryl methyl sites for hydroxylation is 1. The van der Waals surface area contributed by atoms with E-state index in [-0.39, 0.29) is 12.0 Å². The van der Waals surface area contributed by atoms with Crippen LogP contribution in [0.1, 0.15) is 24.8 Å². The van der Waals surface area contributed by atoms with Crippen LogP contribution in [0.4, 0.5) is 5.82 Å². The molecule has 1 aromatic rings. The molecule has 0 spiro atoms. The Balaban J connectivity index is 2.21. The molecule has 1 aliphatic rings. The van der Waals surface area contributed by atoms with Crippen molar-refractivity contribution in [2.24, 2.45) is 0 Å². The van der Waals surface area contributed by atoms with Crippen molar-refractivity contribution in [3.63, 3.8) is 0 Å². The van der Waals surface area contributed by atoms with E-state index in [1.54, 1.807) is 0 Å². The van der Waals surface area contributed by atoms with Crippen molar-refractivity contribution >= 4 is 11.8 Å². The largest absolute Gasteiger partial charge is 0.467 e. The second-order valence-electron chi connectivity index (χ2n) is 4.42. The van der Waals surface area contributed by atoms with E-state index in [2.05, 4.69) is 9.88 Å². The number of piperidine rings is 1. The van der Waals surface area contributed by atoms with Crippen molar-refractivity contribution in [1.29, 1.82) is 0 Å². The topological polar surface area (TPSA) is 42.4 Å². The van der Waals surface area contributed by atoms with E-state index in [9.17, 15) is 4.79 Å². The summed E-state index contributed by atoms with van der Waals surface area (Å²) in [6, 6.07) is 3.81. The minimum atomic E-state index is -0.177. The molecule has 2 rings (SSSR count). The molecule has 0 aliphatic carbocycles. The first-order chi connectivity index (χ1) is 8.22. The van der Waals surface area contributed by atoms with Crippen LogP contribution in [0, 0.1) is 6.92 Å². The highest BCUT2D eigenvalue weighted by atomic mass is 16.5. The van der Waals surface area contributed by atoms with E-state index in [0.717, 1.165) is 37.2 Å². The molecule has 0 amide bonds. The van der Waals surface area contributed by atoms with Crippen LogP contribution in [-0.2, 0) is 9.53 Å². The molecular weight excluding hydrogens is 216 g/mol. The quantitative estimate of drug-likeness (QED) is 0.733. The van der Waals surface area contributed by atoms with Crippen molar-refractivity contribution in [1.82, 2.24) is 4.98 Å². The molecule has 1 aromatic heterocycles. The smallest absolute Gasteiger partial charge is 0.328 e. The van der Waals surface area contributed by atoms with Gasteiger partial charge in [-0.3, -0.25) is 0 Å². The maximum atomic E-state index is 11.7. The lowest BCUT2D eigenvalue weighted by atomic mass is 10.0. The number of aromatic nitrogens is 1. The maximum Gasteiger partial charge on any atom is 0.328 e. The van der Waals surface area contributed by atoms with Gasteiger partial charge in [0.25, 0.3) is 0 Å². The summed E-state index contributed by atoms with van der Waals surface area (Å²) in [6.07, 6.45) is 4.85. The first kappa shape index (κ1) is 11.9. The summed E-state index contributed by atoms with van der Waals surface area (Å²) in [6.45, 7) is 2.88. The highest BCUT2D eigenvalue weighted by Crippen LogP contribution is 2.23. The van der Waals surface area contributed by atoms with Crippen LogP contribution < -0.4 is 4.90 Å². The van der Waals surface area contributed by atoms with E-state index in [1.165, 1.54) is 7.11 Å². The fourth-order valence-electron chi connectivity index (χ4n) is 2.22. The molecular formula is C13H18N2O2. The number of nitrogens with zero attached hydrogens (tertiary/aromatic N) is 2. The fraction of sp³-hybridized carbons (Fsp3) is 0.538. The van der Waals surface area contributed by atoms with E-state index in [1.807, 2.05) is 25.3 Å². The average molecular weight is 234 g/mol. The third kappa shape index (κ3) is 2.57. The Kier molecular flexibility index (Phi) is 3.61. The molecule has 1 unspecified atom stereocenters. The lowest BCUT2D eigenvalue weighted by Crippen LogP contribution is -2.45. The zero-order chi connectivity index (χ0) is 12.3. The molecule has 1 fully saturated rings. The molecule has 1 aliphatic heterocycles. The van der Waals surface area contributed by atoms with Gasteiger partial charge in [0.05, 0.1) is 7.11 Å². The molecule has 17 heavy (non-hydrogen) atoms. The normalized spacial score (nSPS) is 20.1. The Hall–Kier alpha value is -1.58. The molecule has 0 saturated carbocycles. The predicted molar refractivity (Wildman–Crippen MR) is 66.0 cm³/mol. The van der Waals surface area contributed by atoms with Crippen molar-refractivity contribution in [3.8, 4) is 0 Å². The van der Waals surface area contributed by atoms with Gasteiger partial charge in [0.15, 0.2) is 0 Å². The van der Waals surface area contributed by atoms with Gasteiger partial charge < -0.3 is 9.64 Å². The van der Waals surface area contributed by atoms with Gasteiger partial charge >= 0.3 is 5.97 Å². The van der Waals surface area contributed by atoms with E-state index >= 15 is 0 Å². The van der Waals surface area contributed by atoms with Crippen LogP contribution >= 0.6 is 0 Å². The number of rotatable bonds is 2. The SMILES string of the molecule is COC(=O)C1CCCCN1c1ccc(C)cn1. The highest BCUT2D eigenvalue weighted by Gasteiger charge is 2.30. The van der Waals surface area contributed by atoms with Crippen molar-refractivity contribution in [2.75, 3.05) is 18.6 Å². The lowest BCUT2D eigenvalue weighted by molar-refractivity contribution is -0.142. The van der Waals surface area contributed by atoms with E-state index < -0.39 is 0 Å². The van der Waals surface area contributed by atoms with Crippen molar-refractivity contribution < 1.29 is 9.53 Å². The Morgan fingerprint density at radius 2 is 2.29 bits per heavy atom. The summed E-state index contributed by atoms with van der Waals surface area (Å²) in [5, 5.41) is 0. The molecule has 92 valence electrons. The monoisotopic (exact) mass is 234 g/mol. The standard InChI is InChI=1S/C13H18N2O2/c1-10-6-7-12(14-9-10)15-8-4-3-5-11(15)13(16)17-2/h6-7,9,11H,3-5,8H2,1-2H3. The number of anilines is 1. The summed E-state index contributed by atoms with van der Waals surface area (Å²) in [4.78, 5) is 18.2. The summed E-state index contributed by atoms with van der Waals surface area (Å²) in [5.41, 5.74) is 1.13. The van der Waals surface area contributed by atoms with Crippen molar-refractivity contribution in [3.05, 3.63) is 23.9 Å². The molecule has 4 nitrogen and oxygen atoms in total. The number of carbonyl (C=O) groups excluding carboxylic acids is 1. The molecule has 1 saturated heterocycles. The number of hydrogen-bond acceptors (Lipinski definition) is 4. The van der Waals surface area contributed by atoms with Crippen LogP contribution in [0.15, 0.2) is 18.3 Å². The zero-order valence-electron chi connectivity index (χ0n) is 10.3. The Labute approximate surface area is 102 Å². The van der Waals surface area contributed by atoms with Gasteiger partial charge in [-0.2, -0.15) is 0 Å². The third-order valence-corrected chi connectivity index (χ3v) is 3.17. The minimum Gasteiger partial charge on any atom is -0.467 e. The second kappa shape index (κ2) is 5.17. The minimum absolute atomic E-state index is 0.160. The van der Waals surface area contributed by atoms with Gasteiger partial charge in [0.2, 0.25) is 0 Å². The fourth-order valence-corrected chi connectivity index (χ4v) is 2.22. The van der Waals surface area contributed by atoms with E-state index in [4.69, 9.17) is 4.74 Å². The van der Waals surface area contributed by atoms with Gasteiger partial charge in [-0.15, -0.1) is 0 Å². The first-order valence-electron chi connectivity index (χ1n) is 5.99. The Bertz CT molecular complexity index is 389. The zero-order valence-corrected chi connectivity index (χ0v) is 10.3. The van der Waals surface area contributed by atoms with Crippen LogP contribution in [0.5, 0.6) is 0 Å². The van der Waals surface area contributed by atoms with Gasteiger partial charge in [-0.05, 0) is 37.8 Å². The van der Waals surface area contributed by atoms with Gasteiger partial charge in [-0.1, -0.05) is 6.07 Å². The van der Waals surface area contributed by atoms with Gasteiger partial charge in [-0.25, -0.2) is 9.78 Å². The molecule has 2 heterocycles. The summed E-state index contributed by atoms with van der Waals surface area (Å²) >= 11 is 0. The Morgan fingerprint density at radius 3 is 2.94 bits per heavy atom. The number of ether oxygens (including phenoxy) is 1. The van der Waals surface area contributed by atoms with Crippen LogP contribution in [-0.4, -0.2) is 30.6 Å². The van der Waals surface area contributed by atoms with E-state index in [0.29, 0.717) is 0 Å². The molecule has 0 N–H and O–H groups in total. The van der Waals surface area contributed by atoms with Gasteiger partial charge in [0, 0.05) is 12.7 Å². The number of methoxy groups -OCH3 is 1. The summed E-state index contributed by atoms with van der Waals surface area (Å²) in [7, 11) is 1.44. The third-order valence-electron chi connectivity index (χ3n) is 3.17. The van der Waals surface area contributed by atoms with Crippen LogP contribution in [0.3, 0.4) is 0 Å². The maximum absolute atomic E-state index is 11.7. The number of pyridine rings is 1. The molecule has 0 aromatic carbocycles. The lowest BCUT2D eigenvalue weighted by Gasteiger charge is -2.34.